The highest BCUT2D eigenvalue weighted by molar-refractivity contribution is 5.22. The molecule has 0 aliphatic heterocycles. The summed E-state index contributed by atoms with van der Waals surface area (Å²) in [4.78, 5) is 4.03. The minimum absolute atomic E-state index is 0.138. The normalized spacial score (nSPS) is 12.4. The van der Waals surface area contributed by atoms with Crippen molar-refractivity contribution < 1.29 is 4.39 Å². The molecule has 0 amide bonds. The Morgan fingerprint density at radius 1 is 1.24 bits per heavy atom. The molecule has 1 heterocycles. The van der Waals surface area contributed by atoms with Crippen molar-refractivity contribution in [2.75, 3.05) is 0 Å². The van der Waals surface area contributed by atoms with Gasteiger partial charge in [0.05, 0.1) is 6.04 Å². The van der Waals surface area contributed by atoms with Crippen LogP contribution in [0.25, 0.3) is 0 Å². The first-order valence-corrected chi connectivity index (χ1v) is 5.40. The van der Waals surface area contributed by atoms with Crippen LogP contribution in [0.15, 0.2) is 48.8 Å². The molecule has 0 spiro atoms. The summed E-state index contributed by atoms with van der Waals surface area (Å²) in [6.45, 7) is 0. The molecule has 0 radical (unpaired) electrons. The minimum atomic E-state index is -0.211. The second kappa shape index (κ2) is 5.52. The first-order valence-electron chi connectivity index (χ1n) is 5.40. The number of hydrogen-bond acceptors (Lipinski definition) is 3. The van der Waals surface area contributed by atoms with Crippen molar-refractivity contribution >= 4 is 0 Å². The molecule has 0 saturated carbocycles. The molecule has 0 fully saturated rings. The summed E-state index contributed by atoms with van der Waals surface area (Å²) in [5.74, 6) is 5.29. The molecule has 88 valence electrons. The van der Waals surface area contributed by atoms with Crippen LogP contribution >= 0.6 is 0 Å². The lowest BCUT2D eigenvalue weighted by Crippen LogP contribution is -2.29. The SMILES string of the molecule is NNC(Cc1ccccc1F)c1cccnc1. The number of pyridine rings is 1. The van der Waals surface area contributed by atoms with E-state index in [1.54, 1.807) is 24.5 Å². The quantitative estimate of drug-likeness (QED) is 0.624. The summed E-state index contributed by atoms with van der Waals surface area (Å²) in [6, 6.07) is 10.3. The predicted molar refractivity (Wildman–Crippen MR) is 64.4 cm³/mol. The van der Waals surface area contributed by atoms with E-state index in [1.165, 1.54) is 6.07 Å². The summed E-state index contributed by atoms with van der Waals surface area (Å²) in [5.41, 5.74) is 4.27. The lowest BCUT2D eigenvalue weighted by molar-refractivity contribution is 0.528. The number of benzene rings is 1. The molecule has 17 heavy (non-hydrogen) atoms. The fourth-order valence-corrected chi connectivity index (χ4v) is 1.74. The van der Waals surface area contributed by atoms with Crippen molar-refractivity contribution in [3.05, 3.63) is 65.7 Å². The third kappa shape index (κ3) is 2.87. The molecular formula is C13H14FN3. The van der Waals surface area contributed by atoms with E-state index in [4.69, 9.17) is 5.84 Å². The number of halogens is 1. The van der Waals surface area contributed by atoms with Gasteiger partial charge in [0.2, 0.25) is 0 Å². The molecule has 1 aromatic heterocycles. The first kappa shape index (κ1) is 11.7. The number of hydrogen-bond donors (Lipinski definition) is 2. The number of nitrogens with zero attached hydrogens (tertiary/aromatic N) is 1. The molecule has 0 bridgehead atoms. The molecule has 0 aliphatic carbocycles. The Kier molecular flexibility index (Phi) is 3.80. The topological polar surface area (TPSA) is 50.9 Å². The highest BCUT2D eigenvalue weighted by atomic mass is 19.1. The molecular weight excluding hydrogens is 217 g/mol. The maximum atomic E-state index is 13.5. The van der Waals surface area contributed by atoms with Crippen molar-refractivity contribution in [1.29, 1.82) is 0 Å². The summed E-state index contributed by atoms with van der Waals surface area (Å²) >= 11 is 0. The Morgan fingerprint density at radius 3 is 2.71 bits per heavy atom. The van der Waals surface area contributed by atoms with E-state index in [1.807, 2.05) is 18.2 Å². The van der Waals surface area contributed by atoms with Gasteiger partial charge < -0.3 is 0 Å². The summed E-state index contributed by atoms with van der Waals surface area (Å²) in [6.07, 6.45) is 3.92. The first-order chi connectivity index (χ1) is 8.31. The zero-order valence-corrected chi connectivity index (χ0v) is 9.31. The smallest absolute Gasteiger partial charge is 0.126 e. The molecule has 4 heteroatoms. The van der Waals surface area contributed by atoms with Crippen molar-refractivity contribution in [3.63, 3.8) is 0 Å². The molecule has 3 nitrogen and oxygen atoms in total. The van der Waals surface area contributed by atoms with Gasteiger partial charge in [-0.1, -0.05) is 24.3 Å². The zero-order valence-electron chi connectivity index (χ0n) is 9.31. The Labute approximate surface area is 99.5 Å². The van der Waals surface area contributed by atoms with Gasteiger partial charge in [-0.05, 0) is 29.7 Å². The van der Waals surface area contributed by atoms with Crippen LogP contribution < -0.4 is 11.3 Å². The van der Waals surface area contributed by atoms with Gasteiger partial charge in [0.15, 0.2) is 0 Å². The highest BCUT2D eigenvalue weighted by Gasteiger charge is 2.12. The van der Waals surface area contributed by atoms with Crippen LogP contribution in [0.1, 0.15) is 17.2 Å². The Bertz CT molecular complexity index is 473. The summed E-state index contributed by atoms with van der Waals surface area (Å²) < 4.78 is 13.5. The Balaban J connectivity index is 2.19. The van der Waals surface area contributed by atoms with Crippen molar-refractivity contribution in [2.24, 2.45) is 5.84 Å². The third-order valence-corrected chi connectivity index (χ3v) is 2.67. The largest absolute Gasteiger partial charge is 0.271 e. The second-order valence-corrected chi connectivity index (χ2v) is 3.80. The highest BCUT2D eigenvalue weighted by Crippen LogP contribution is 2.18. The standard InChI is InChI=1S/C13H14FN3/c14-12-6-2-1-4-10(12)8-13(17-15)11-5-3-7-16-9-11/h1-7,9,13,17H,8,15H2. The van der Waals surface area contributed by atoms with Crippen LogP contribution in [-0.2, 0) is 6.42 Å². The molecule has 2 rings (SSSR count). The molecule has 1 atom stereocenters. The number of hydrazine groups is 1. The summed E-state index contributed by atoms with van der Waals surface area (Å²) in [7, 11) is 0. The fourth-order valence-electron chi connectivity index (χ4n) is 1.74. The van der Waals surface area contributed by atoms with Crippen molar-refractivity contribution in [3.8, 4) is 0 Å². The molecule has 3 N–H and O–H groups in total. The molecule has 1 unspecified atom stereocenters. The predicted octanol–water partition coefficient (Wildman–Crippen LogP) is 1.97. The van der Waals surface area contributed by atoms with Gasteiger partial charge in [0.1, 0.15) is 5.82 Å². The Morgan fingerprint density at radius 2 is 2.06 bits per heavy atom. The van der Waals surface area contributed by atoms with E-state index >= 15 is 0 Å². The minimum Gasteiger partial charge on any atom is -0.271 e. The monoisotopic (exact) mass is 231 g/mol. The maximum Gasteiger partial charge on any atom is 0.126 e. The number of nitrogens with one attached hydrogen (secondary N) is 1. The van der Waals surface area contributed by atoms with Crippen LogP contribution in [-0.4, -0.2) is 4.98 Å². The van der Waals surface area contributed by atoms with Gasteiger partial charge in [-0.3, -0.25) is 16.3 Å². The average molecular weight is 231 g/mol. The molecule has 0 aliphatic rings. The lowest BCUT2D eigenvalue weighted by atomic mass is 10.0. The van der Waals surface area contributed by atoms with Crippen molar-refractivity contribution in [2.45, 2.75) is 12.5 Å². The van der Waals surface area contributed by atoms with Gasteiger partial charge in [0.25, 0.3) is 0 Å². The van der Waals surface area contributed by atoms with Crippen molar-refractivity contribution in [1.82, 2.24) is 10.4 Å². The van der Waals surface area contributed by atoms with Crippen LogP contribution in [0.4, 0.5) is 4.39 Å². The van der Waals surface area contributed by atoms with Gasteiger partial charge in [-0.15, -0.1) is 0 Å². The average Bonchev–Trinajstić information content (AvgIpc) is 2.39. The number of aromatic nitrogens is 1. The van der Waals surface area contributed by atoms with Crippen LogP contribution in [0.5, 0.6) is 0 Å². The van der Waals surface area contributed by atoms with Crippen LogP contribution in [0, 0.1) is 5.82 Å². The molecule has 1 aromatic carbocycles. The van der Waals surface area contributed by atoms with E-state index in [2.05, 4.69) is 10.4 Å². The van der Waals surface area contributed by atoms with Gasteiger partial charge >= 0.3 is 0 Å². The van der Waals surface area contributed by atoms with Crippen LogP contribution in [0.3, 0.4) is 0 Å². The van der Waals surface area contributed by atoms with E-state index in [-0.39, 0.29) is 11.9 Å². The third-order valence-electron chi connectivity index (χ3n) is 2.67. The van der Waals surface area contributed by atoms with E-state index in [0.29, 0.717) is 12.0 Å². The van der Waals surface area contributed by atoms with Crippen LogP contribution in [0.2, 0.25) is 0 Å². The number of rotatable bonds is 4. The van der Waals surface area contributed by atoms with E-state index in [9.17, 15) is 4.39 Å². The van der Waals surface area contributed by atoms with Gasteiger partial charge in [0, 0.05) is 12.4 Å². The lowest BCUT2D eigenvalue weighted by Gasteiger charge is -2.16. The zero-order chi connectivity index (χ0) is 12.1. The van der Waals surface area contributed by atoms with E-state index in [0.717, 1.165) is 5.56 Å². The summed E-state index contributed by atoms with van der Waals surface area (Å²) in [5, 5.41) is 0. The second-order valence-electron chi connectivity index (χ2n) is 3.80. The fraction of sp³-hybridized carbons (Fsp3) is 0.154. The Hall–Kier alpha value is -1.78. The maximum absolute atomic E-state index is 13.5. The molecule has 0 saturated heterocycles. The molecule has 2 aromatic rings. The van der Waals surface area contributed by atoms with Gasteiger partial charge in [-0.2, -0.15) is 0 Å². The van der Waals surface area contributed by atoms with Gasteiger partial charge in [-0.25, -0.2) is 4.39 Å². The number of nitrogens with two attached hydrogens (primary N) is 1. The van der Waals surface area contributed by atoms with E-state index < -0.39 is 0 Å².